The fourth-order valence-corrected chi connectivity index (χ4v) is 2.90. The van der Waals surface area contributed by atoms with Crippen LogP contribution in [0, 0.1) is 0 Å². The van der Waals surface area contributed by atoms with E-state index in [9.17, 15) is 9.59 Å². The van der Waals surface area contributed by atoms with Crippen molar-refractivity contribution >= 4 is 5.97 Å². The molecule has 2 heterocycles. The highest BCUT2D eigenvalue weighted by molar-refractivity contribution is 5.89. The molecule has 3 rings (SSSR count). The lowest BCUT2D eigenvalue weighted by atomic mass is 10.0. The highest BCUT2D eigenvalue weighted by atomic mass is 16.5. The molecule has 0 saturated heterocycles. The zero-order chi connectivity index (χ0) is 16.2. The van der Waals surface area contributed by atoms with Crippen LogP contribution in [-0.4, -0.2) is 29.0 Å². The Bertz CT molecular complexity index is 753. The molecule has 0 atom stereocenters. The summed E-state index contributed by atoms with van der Waals surface area (Å²) in [7, 11) is 0. The third kappa shape index (κ3) is 3.51. The number of nitrogens with zero attached hydrogens (tertiary/aromatic N) is 1. The fourth-order valence-electron chi connectivity index (χ4n) is 2.90. The van der Waals surface area contributed by atoms with Gasteiger partial charge in [-0.3, -0.25) is 9.69 Å². The number of ether oxygens (including phenoxy) is 1. The van der Waals surface area contributed by atoms with Gasteiger partial charge in [0.1, 0.15) is 5.56 Å². The van der Waals surface area contributed by atoms with Gasteiger partial charge in [-0.25, -0.2) is 4.79 Å². The Balaban J connectivity index is 1.80. The van der Waals surface area contributed by atoms with Crippen LogP contribution in [0.25, 0.3) is 0 Å². The predicted octanol–water partition coefficient (Wildman–Crippen LogP) is 2.11. The molecule has 1 aliphatic heterocycles. The van der Waals surface area contributed by atoms with Crippen molar-refractivity contribution in [1.82, 2.24) is 9.88 Å². The summed E-state index contributed by atoms with van der Waals surface area (Å²) in [6, 6.07) is 12.0. The number of esters is 1. The summed E-state index contributed by atoms with van der Waals surface area (Å²) in [5.41, 5.74) is 2.90. The van der Waals surface area contributed by atoms with Crippen LogP contribution in [0.3, 0.4) is 0 Å². The Morgan fingerprint density at radius 3 is 2.83 bits per heavy atom. The largest absolute Gasteiger partial charge is 0.462 e. The molecule has 2 aromatic rings. The first-order valence-corrected chi connectivity index (χ1v) is 7.86. The molecule has 1 aromatic heterocycles. The summed E-state index contributed by atoms with van der Waals surface area (Å²) in [6.07, 6.45) is 0.778. The van der Waals surface area contributed by atoms with Gasteiger partial charge in [0, 0.05) is 31.7 Å². The number of nitrogens with one attached hydrogen (secondary N) is 1. The number of rotatable bonds is 4. The van der Waals surface area contributed by atoms with Gasteiger partial charge in [0.2, 0.25) is 0 Å². The zero-order valence-corrected chi connectivity index (χ0v) is 13.2. The summed E-state index contributed by atoms with van der Waals surface area (Å²) < 4.78 is 4.95. The van der Waals surface area contributed by atoms with Crippen LogP contribution in [-0.2, 0) is 24.2 Å². The summed E-state index contributed by atoms with van der Waals surface area (Å²) in [4.78, 5) is 29.0. The number of carbonyl (C=O) groups excluding carboxylic acids is 1. The van der Waals surface area contributed by atoms with Gasteiger partial charge in [-0.05, 0) is 24.1 Å². The van der Waals surface area contributed by atoms with Crippen LogP contribution in [0.15, 0.2) is 41.2 Å². The average molecular weight is 312 g/mol. The molecule has 0 fully saturated rings. The zero-order valence-electron chi connectivity index (χ0n) is 13.2. The maximum atomic E-state index is 12.0. The Morgan fingerprint density at radius 1 is 1.30 bits per heavy atom. The van der Waals surface area contributed by atoms with Crippen molar-refractivity contribution in [2.45, 2.75) is 26.4 Å². The lowest BCUT2D eigenvalue weighted by Gasteiger charge is -2.28. The molecule has 0 bridgehead atoms. The Kier molecular flexibility index (Phi) is 4.57. The minimum atomic E-state index is -0.559. The number of hydrogen-bond donors (Lipinski definition) is 1. The second-order valence-electron chi connectivity index (χ2n) is 5.68. The van der Waals surface area contributed by atoms with E-state index in [1.807, 2.05) is 18.2 Å². The van der Waals surface area contributed by atoms with Crippen LogP contribution < -0.4 is 5.56 Å². The second-order valence-corrected chi connectivity index (χ2v) is 5.68. The molecule has 1 aliphatic rings. The molecular formula is C18H20N2O3. The Labute approximate surface area is 134 Å². The van der Waals surface area contributed by atoms with Gasteiger partial charge >= 0.3 is 5.97 Å². The van der Waals surface area contributed by atoms with E-state index in [4.69, 9.17) is 4.74 Å². The van der Waals surface area contributed by atoms with Crippen molar-refractivity contribution in [3.63, 3.8) is 0 Å². The van der Waals surface area contributed by atoms with Gasteiger partial charge < -0.3 is 9.72 Å². The average Bonchev–Trinajstić information content (AvgIpc) is 2.55. The molecule has 0 amide bonds. The molecule has 0 aliphatic carbocycles. The van der Waals surface area contributed by atoms with Crippen LogP contribution in [0.5, 0.6) is 0 Å². The van der Waals surface area contributed by atoms with Crippen LogP contribution in [0.4, 0.5) is 0 Å². The fraction of sp³-hybridized carbons (Fsp3) is 0.333. The van der Waals surface area contributed by atoms with Crippen molar-refractivity contribution < 1.29 is 9.53 Å². The van der Waals surface area contributed by atoms with Gasteiger partial charge in [-0.1, -0.05) is 30.3 Å². The number of pyridine rings is 1. The van der Waals surface area contributed by atoms with Gasteiger partial charge in [0.05, 0.1) is 6.61 Å². The molecule has 23 heavy (non-hydrogen) atoms. The monoisotopic (exact) mass is 312 g/mol. The first-order valence-electron chi connectivity index (χ1n) is 7.86. The molecule has 1 aromatic carbocycles. The predicted molar refractivity (Wildman–Crippen MR) is 87.3 cm³/mol. The minimum absolute atomic E-state index is 0.0900. The topological polar surface area (TPSA) is 62.4 Å². The number of H-pyrrole nitrogens is 1. The minimum Gasteiger partial charge on any atom is -0.462 e. The lowest BCUT2D eigenvalue weighted by Crippen LogP contribution is -2.33. The van der Waals surface area contributed by atoms with Crippen molar-refractivity contribution in [3.05, 3.63) is 69.1 Å². The van der Waals surface area contributed by atoms with E-state index >= 15 is 0 Å². The van der Waals surface area contributed by atoms with E-state index in [0.29, 0.717) is 6.54 Å². The van der Waals surface area contributed by atoms with Crippen LogP contribution in [0.2, 0.25) is 0 Å². The molecule has 120 valence electrons. The van der Waals surface area contributed by atoms with Gasteiger partial charge in [0.25, 0.3) is 5.56 Å². The third-order valence-corrected chi connectivity index (χ3v) is 4.03. The van der Waals surface area contributed by atoms with Gasteiger partial charge in [-0.2, -0.15) is 0 Å². The second kappa shape index (κ2) is 6.79. The lowest BCUT2D eigenvalue weighted by molar-refractivity contribution is 0.0524. The van der Waals surface area contributed by atoms with Crippen molar-refractivity contribution in [3.8, 4) is 0 Å². The number of hydrogen-bond acceptors (Lipinski definition) is 4. The van der Waals surface area contributed by atoms with Crippen molar-refractivity contribution in [2.24, 2.45) is 0 Å². The molecule has 0 spiro atoms. The highest BCUT2D eigenvalue weighted by Crippen LogP contribution is 2.19. The first-order chi connectivity index (χ1) is 11.2. The van der Waals surface area contributed by atoms with Crippen molar-refractivity contribution in [2.75, 3.05) is 13.2 Å². The number of carbonyl (C=O) groups is 1. The Hall–Kier alpha value is -2.40. The Morgan fingerprint density at radius 2 is 2.09 bits per heavy atom. The first kappa shape index (κ1) is 15.5. The third-order valence-electron chi connectivity index (χ3n) is 4.03. The molecule has 5 nitrogen and oxygen atoms in total. The SMILES string of the molecule is CCOC(=O)c1cc2c([nH]c1=O)CCN(Cc1ccccc1)C2. The van der Waals surface area contributed by atoms with E-state index < -0.39 is 5.97 Å². The quantitative estimate of drug-likeness (QED) is 0.878. The van der Waals surface area contributed by atoms with Gasteiger partial charge in [0.15, 0.2) is 0 Å². The van der Waals surface area contributed by atoms with Crippen LogP contribution >= 0.6 is 0 Å². The normalized spacial score (nSPS) is 14.3. The molecule has 5 heteroatoms. The standard InChI is InChI=1S/C18H20N2O3/c1-2-23-18(22)15-10-14-12-20(9-8-16(14)19-17(15)21)11-13-6-4-3-5-7-13/h3-7,10H,2,8-9,11-12H2,1H3,(H,19,21). The molecule has 0 radical (unpaired) electrons. The summed E-state index contributed by atoms with van der Waals surface area (Å²) in [5, 5.41) is 0. The maximum absolute atomic E-state index is 12.0. The van der Waals surface area contributed by atoms with Crippen LogP contribution in [0.1, 0.15) is 34.1 Å². The summed E-state index contributed by atoms with van der Waals surface area (Å²) >= 11 is 0. The number of benzene rings is 1. The van der Waals surface area contributed by atoms with E-state index in [1.165, 1.54) is 5.56 Å². The molecular weight excluding hydrogens is 292 g/mol. The summed E-state index contributed by atoms with van der Waals surface area (Å²) in [6.45, 7) is 4.44. The number of fused-ring (bicyclic) bond motifs is 1. The molecule has 1 N–H and O–H groups in total. The van der Waals surface area contributed by atoms with E-state index in [2.05, 4.69) is 22.0 Å². The smallest absolute Gasteiger partial charge is 0.343 e. The van der Waals surface area contributed by atoms with Gasteiger partial charge in [-0.15, -0.1) is 0 Å². The highest BCUT2D eigenvalue weighted by Gasteiger charge is 2.21. The van der Waals surface area contributed by atoms with E-state index in [-0.39, 0.29) is 17.7 Å². The molecule has 0 unspecified atom stereocenters. The van der Waals surface area contributed by atoms with E-state index in [0.717, 1.165) is 30.8 Å². The molecule has 0 saturated carbocycles. The summed E-state index contributed by atoms with van der Waals surface area (Å²) in [5.74, 6) is -0.559. The number of aromatic nitrogens is 1. The van der Waals surface area contributed by atoms with E-state index in [1.54, 1.807) is 13.0 Å². The number of aromatic amines is 1. The maximum Gasteiger partial charge on any atom is 0.343 e. The van der Waals surface area contributed by atoms with Crippen molar-refractivity contribution in [1.29, 1.82) is 0 Å².